The molecule has 0 saturated carbocycles. The van der Waals surface area contributed by atoms with Gasteiger partial charge >= 0.3 is 0 Å². The van der Waals surface area contributed by atoms with Gasteiger partial charge in [-0.25, -0.2) is 4.98 Å². The molecule has 1 aromatic carbocycles. The van der Waals surface area contributed by atoms with Crippen molar-refractivity contribution in [2.75, 3.05) is 0 Å². The Bertz CT molecular complexity index is 588. The van der Waals surface area contributed by atoms with Crippen LogP contribution in [-0.2, 0) is 6.54 Å². The topological polar surface area (TPSA) is 24.9 Å². The normalized spacial score (nSPS) is 12.4. The van der Waals surface area contributed by atoms with Crippen LogP contribution in [0.25, 0.3) is 0 Å². The number of hydrogen-bond donors (Lipinski definition) is 1. The number of thiazole rings is 1. The highest BCUT2D eigenvalue weighted by Crippen LogP contribution is 2.26. The number of nitrogens with one attached hydrogen (secondary N) is 1. The second-order valence-electron chi connectivity index (χ2n) is 4.17. The van der Waals surface area contributed by atoms with E-state index in [-0.39, 0.29) is 6.04 Å². The lowest BCUT2D eigenvalue weighted by Gasteiger charge is -2.17. The molecule has 96 valence electrons. The smallest absolute Gasteiger partial charge is 0.106 e. The van der Waals surface area contributed by atoms with E-state index < -0.39 is 0 Å². The zero-order valence-electron chi connectivity index (χ0n) is 10.3. The Morgan fingerprint density at radius 1 is 1.00 bits per heavy atom. The van der Waals surface area contributed by atoms with Gasteiger partial charge in [0.2, 0.25) is 0 Å². The predicted octanol–water partition coefficient (Wildman–Crippen LogP) is 4.08. The standard InChI is InChI=1S/C15H14N2S2/c1-2-5-12(6-3-1)15(13-7-4-9-18-13)17-11-14-16-8-10-19-14/h1-10,15,17H,11H2. The summed E-state index contributed by atoms with van der Waals surface area (Å²) in [6.45, 7) is 0.801. The van der Waals surface area contributed by atoms with Gasteiger partial charge in [-0.15, -0.1) is 22.7 Å². The van der Waals surface area contributed by atoms with Gasteiger partial charge in [-0.2, -0.15) is 0 Å². The minimum Gasteiger partial charge on any atom is -0.299 e. The molecule has 0 bridgehead atoms. The summed E-state index contributed by atoms with van der Waals surface area (Å²) in [6.07, 6.45) is 1.85. The molecule has 2 heterocycles. The number of nitrogens with zero attached hydrogens (tertiary/aromatic N) is 1. The molecule has 1 N–H and O–H groups in total. The van der Waals surface area contributed by atoms with Crippen molar-refractivity contribution in [3.8, 4) is 0 Å². The third kappa shape index (κ3) is 3.10. The molecular formula is C15H14N2S2. The monoisotopic (exact) mass is 286 g/mol. The number of benzene rings is 1. The Balaban J connectivity index is 1.81. The van der Waals surface area contributed by atoms with Crippen molar-refractivity contribution in [3.05, 3.63) is 74.9 Å². The van der Waals surface area contributed by atoms with E-state index in [1.807, 2.05) is 11.6 Å². The summed E-state index contributed by atoms with van der Waals surface area (Å²) in [5.74, 6) is 0. The molecule has 2 aromatic heterocycles. The quantitative estimate of drug-likeness (QED) is 0.764. The fourth-order valence-electron chi connectivity index (χ4n) is 2.01. The Morgan fingerprint density at radius 2 is 1.89 bits per heavy atom. The molecule has 1 atom stereocenters. The first-order chi connectivity index (χ1) is 9.43. The first-order valence-corrected chi connectivity index (χ1v) is 7.89. The molecule has 0 fully saturated rings. The van der Waals surface area contributed by atoms with Crippen LogP contribution < -0.4 is 5.32 Å². The van der Waals surface area contributed by atoms with Gasteiger partial charge in [-0.1, -0.05) is 36.4 Å². The number of aromatic nitrogens is 1. The lowest BCUT2D eigenvalue weighted by molar-refractivity contribution is 0.611. The third-order valence-electron chi connectivity index (χ3n) is 2.90. The van der Waals surface area contributed by atoms with Crippen molar-refractivity contribution in [2.24, 2.45) is 0 Å². The highest BCUT2D eigenvalue weighted by molar-refractivity contribution is 7.10. The highest BCUT2D eigenvalue weighted by Gasteiger charge is 2.14. The second-order valence-corrected chi connectivity index (χ2v) is 6.12. The largest absolute Gasteiger partial charge is 0.299 e. The molecule has 0 aliphatic heterocycles. The summed E-state index contributed by atoms with van der Waals surface area (Å²) in [5.41, 5.74) is 1.29. The van der Waals surface area contributed by atoms with Crippen molar-refractivity contribution in [1.82, 2.24) is 10.3 Å². The Hall–Kier alpha value is -1.49. The molecule has 0 saturated heterocycles. The molecular weight excluding hydrogens is 272 g/mol. The van der Waals surface area contributed by atoms with Crippen LogP contribution in [-0.4, -0.2) is 4.98 Å². The minimum atomic E-state index is 0.241. The summed E-state index contributed by atoms with van der Waals surface area (Å²) >= 11 is 3.47. The number of thiophene rings is 1. The summed E-state index contributed by atoms with van der Waals surface area (Å²) < 4.78 is 0. The van der Waals surface area contributed by atoms with E-state index in [0.717, 1.165) is 11.6 Å². The molecule has 2 nitrogen and oxygen atoms in total. The van der Waals surface area contributed by atoms with E-state index in [1.54, 1.807) is 22.7 Å². The van der Waals surface area contributed by atoms with Crippen LogP contribution in [0, 0.1) is 0 Å². The fraction of sp³-hybridized carbons (Fsp3) is 0.133. The van der Waals surface area contributed by atoms with Gasteiger partial charge in [0, 0.05) is 23.0 Å². The fourth-order valence-corrected chi connectivity index (χ4v) is 3.41. The van der Waals surface area contributed by atoms with Gasteiger partial charge in [0.05, 0.1) is 6.04 Å². The van der Waals surface area contributed by atoms with Crippen LogP contribution in [0.5, 0.6) is 0 Å². The highest BCUT2D eigenvalue weighted by atomic mass is 32.1. The van der Waals surface area contributed by atoms with Gasteiger partial charge in [0.1, 0.15) is 5.01 Å². The lowest BCUT2D eigenvalue weighted by atomic mass is 10.1. The molecule has 0 spiro atoms. The van der Waals surface area contributed by atoms with E-state index in [9.17, 15) is 0 Å². The lowest BCUT2D eigenvalue weighted by Crippen LogP contribution is -2.21. The van der Waals surface area contributed by atoms with Crippen LogP contribution in [0.1, 0.15) is 21.5 Å². The molecule has 0 radical (unpaired) electrons. The van der Waals surface area contributed by atoms with Gasteiger partial charge < -0.3 is 0 Å². The maximum Gasteiger partial charge on any atom is 0.106 e. The first kappa shape index (κ1) is 12.5. The molecule has 19 heavy (non-hydrogen) atoms. The maximum atomic E-state index is 4.32. The summed E-state index contributed by atoms with van der Waals surface area (Å²) in [4.78, 5) is 5.66. The van der Waals surface area contributed by atoms with Crippen LogP contribution in [0.3, 0.4) is 0 Å². The van der Waals surface area contributed by atoms with Crippen molar-refractivity contribution >= 4 is 22.7 Å². The average Bonchev–Trinajstić information content (AvgIpc) is 3.13. The van der Waals surface area contributed by atoms with E-state index in [4.69, 9.17) is 0 Å². The third-order valence-corrected chi connectivity index (χ3v) is 4.62. The zero-order chi connectivity index (χ0) is 12.9. The number of rotatable bonds is 5. The minimum absolute atomic E-state index is 0.241. The Morgan fingerprint density at radius 3 is 2.58 bits per heavy atom. The van der Waals surface area contributed by atoms with Crippen molar-refractivity contribution in [1.29, 1.82) is 0 Å². The molecule has 0 amide bonds. The summed E-state index contributed by atoms with van der Waals surface area (Å²) in [7, 11) is 0. The molecule has 4 heteroatoms. The molecule has 0 aliphatic rings. The van der Waals surface area contributed by atoms with Gasteiger partial charge in [-0.3, -0.25) is 5.32 Å². The van der Waals surface area contributed by atoms with Gasteiger partial charge in [0.25, 0.3) is 0 Å². The summed E-state index contributed by atoms with van der Waals surface area (Å²) in [6, 6.07) is 15.1. The predicted molar refractivity (Wildman–Crippen MR) is 81.6 cm³/mol. The van der Waals surface area contributed by atoms with E-state index in [1.165, 1.54) is 10.4 Å². The molecule has 1 unspecified atom stereocenters. The van der Waals surface area contributed by atoms with Crippen LogP contribution >= 0.6 is 22.7 Å². The van der Waals surface area contributed by atoms with Crippen molar-refractivity contribution in [3.63, 3.8) is 0 Å². The Kier molecular flexibility index (Phi) is 4.03. The average molecular weight is 286 g/mol. The van der Waals surface area contributed by atoms with Crippen LogP contribution in [0.4, 0.5) is 0 Å². The SMILES string of the molecule is c1ccc(C(NCc2nccs2)c2cccs2)cc1. The Labute approximate surface area is 120 Å². The zero-order valence-corrected chi connectivity index (χ0v) is 12.0. The van der Waals surface area contributed by atoms with Crippen molar-refractivity contribution < 1.29 is 0 Å². The first-order valence-electron chi connectivity index (χ1n) is 6.13. The van der Waals surface area contributed by atoms with E-state index >= 15 is 0 Å². The van der Waals surface area contributed by atoms with E-state index in [0.29, 0.717) is 0 Å². The number of hydrogen-bond acceptors (Lipinski definition) is 4. The maximum absolute atomic E-state index is 4.32. The molecule has 3 aromatic rings. The van der Waals surface area contributed by atoms with Gasteiger partial charge in [-0.05, 0) is 17.0 Å². The van der Waals surface area contributed by atoms with Crippen LogP contribution in [0.15, 0.2) is 59.4 Å². The summed E-state index contributed by atoms with van der Waals surface area (Å²) in [5, 5.41) is 8.86. The molecule has 0 aliphatic carbocycles. The second kappa shape index (κ2) is 6.10. The van der Waals surface area contributed by atoms with E-state index in [2.05, 4.69) is 58.1 Å². The van der Waals surface area contributed by atoms with Gasteiger partial charge in [0.15, 0.2) is 0 Å². The molecule has 3 rings (SSSR count). The van der Waals surface area contributed by atoms with Crippen molar-refractivity contribution in [2.45, 2.75) is 12.6 Å². The van der Waals surface area contributed by atoms with Crippen LogP contribution in [0.2, 0.25) is 0 Å².